The molecule has 4 rings (SSSR count). The largest absolute Gasteiger partial charge is 0.323 e. The Morgan fingerprint density at radius 3 is 2.86 bits per heavy atom. The zero-order valence-corrected chi connectivity index (χ0v) is 12.5. The fourth-order valence-corrected chi connectivity index (χ4v) is 4.13. The number of imidazole rings is 1. The topological polar surface area (TPSA) is 17.8 Å². The van der Waals surface area contributed by atoms with Crippen LogP contribution in [0.25, 0.3) is 11.3 Å². The van der Waals surface area contributed by atoms with Crippen LogP contribution in [0.4, 0.5) is 8.78 Å². The maximum Gasteiger partial charge on any atom is 0.129 e. The van der Waals surface area contributed by atoms with E-state index in [0.717, 1.165) is 36.9 Å². The molecule has 0 N–H and O–H groups in total. The van der Waals surface area contributed by atoms with Crippen molar-refractivity contribution >= 4 is 0 Å². The highest BCUT2D eigenvalue weighted by molar-refractivity contribution is 5.69. The lowest BCUT2D eigenvalue weighted by atomic mass is 9.83. The van der Waals surface area contributed by atoms with Crippen molar-refractivity contribution in [2.24, 2.45) is 5.92 Å². The number of halogens is 2. The van der Waals surface area contributed by atoms with Crippen LogP contribution in [-0.2, 0) is 0 Å². The molecule has 4 heteroatoms. The molecule has 0 amide bonds. The first-order valence-corrected chi connectivity index (χ1v) is 8.20. The molecule has 1 aromatic heterocycles. The summed E-state index contributed by atoms with van der Waals surface area (Å²) in [5.41, 5.74) is 2.40. The van der Waals surface area contributed by atoms with Crippen LogP contribution < -0.4 is 0 Å². The first kappa shape index (κ1) is 13.9. The Kier molecular flexibility index (Phi) is 3.47. The van der Waals surface area contributed by atoms with Gasteiger partial charge in [0, 0.05) is 17.5 Å². The number of rotatable bonds is 3. The van der Waals surface area contributed by atoms with E-state index < -0.39 is 6.17 Å². The molecule has 0 spiro atoms. The van der Waals surface area contributed by atoms with Crippen LogP contribution in [0.1, 0.15) is 50.1 Å². The summed E-state index contributed by atoms with van der Waals surface area (Å²) in [6.07, 6.45) is 8.32. The van der Waals surface area contributed by atoms with Gasteiger partial charge in [0.05, 0.1) is 24.3 Å². The van der Waals surface area contributed by atoms with Crippen molar-refractivity contribution in [1.82, 2.24) is 9.55 Å². The lowest BCUT2D eigenvalue weighted by Gasteiger charge is -2.27. The lowest BCUT2D eigenvalue weighted by Crippen LogP contribution is -2.23. The summed E-state index contributed by atoms with van der Waals surface area (Å²) in [7, 11) is 0. The molecule has 1 fully saturated rings. The van der Waals surface area contributed by atoms with Gasteiger partial charge in [-0.3, -0.25) is 0 Å². The number of fused-ring (bicyclic) bond motifs is 3. The third-order valence-corrected chi connectivity index (χ3v) is 5.27. The molecule has 0 saturated heterocycles. The standard InChI is InChI=1S/C18H20F2N2/c19-14-8-4-7-13-17-10-21-11-22(17)16(18(13)14)9-15(20)12-5-2-1-3-6-12/h4,7-8,10-12,15-16H,1-3,5-6,9H2/t15-,16-/m0/s1. The van der Waals surface area contributed by atoms with Gasteiger partial charge in [-0.05, 0) is 24.8 Å². The van der Waals surface area contributed by atoms with E-state index in [-0.39, 0.29) is 17.8 Å². The molecule has 22 heavy (non-hydrogen) atoms. The third-order valence-electron chi connectivity index (χ3n) is 5.27. The molecule has 2 nitrogen and oxygen atoms in total. The second-order valence-corrected chi connectivity index (χ2v) is 6.55. The minimum atomic E-state index is -0.869. The second-order valence-electron chi connectivity index (χ2n) is 6.55. The first-order valence-electron chi connectivity index (χ1n) is 8.20. The Balaban J connectivity index is 1.65. The monoisotopic (exact) mass is 302 g/mol. The van der Waals surface area contributed by atoms with Crippen molar-refractivity contribution in [2.75, 3.05) is 0 Å². The summed E-state index contributed by atoms with van der Waals surface area (Å²) in [4.78, 5) is 4.16. The molecule has 2 heterocycles. The normalized spacial score (nSPS) is 22.4. The van der Waals surface area contributed by atoms with Gasteiger partial charge in [0.2, 0.25) is 0 Å². The predicted molar refractivity (Wildman–Crippen MR) is 81.8 cm³/mol. The molecule has 1 aliphatic heterocycles. The van der Waals surface area contributed by atoms with Gasteiger partial charge in [-0.1, -0.05) is 31.4 Å². The summed E-state index contributed by atoms with van der Waals surface area (Å²) in [5.74, 6) is -0.0985. The number of aromatic nitrogens is 2. The zero-order chi connectivity index (χ0) is 15.1. The van der Waals surface area contributed by atoms with Crippen LogP contribution >= 0.6 is 0 Å². The van der Waals surface area contributed by atoms with Crippen molar-refractivity contribution in [2.45, 2.75) is 50.7 Å². The molecule has 0 unspecified atom stereocenters. The Morgan fingerprint density at radius 1 is 1.23 bits per heavy atom. The van der Waals surface area contributed by atoms with Gasteiger partial charge >= 0.3 is 0 Å². The maximum absolute atomic E-state index is 14.8. The van der Waals surface area contributed by atoms with Crippen molar-refractivity contribution in [3.05, 3.63) is 42.1 Å². The molecule has 1 aromatic carbocycles. The van der Waals surface area contributed by atoms with Gasteiger partial charge in [0.1, 0.15) is 12.0 Å². The molecule has 1 saturated carbocycles. The molecule has 116 valence electrons. The minimum Gasteiger partial charge on any atom is -0.323 e. The molecular formula is C18H20F2N2. The van der Waals surface area contributed by atoms with Crippen LogP contribution in [0.15, 0.2) is 30.7 Å². The van der Waals surface area contributed by atoms with E-state index in [0.29, 0.717) is 12.0 Å². The van der Waals surface area contributed by atoms with E-state index in [4.69, 9.17) is 0 Å². The number of hydrogen-bond acceptors (Lipinski definition) is 1. The first-order chi connectivity index (χ1) is 10.8. The summed E-state index contributed by atoms with van der Waals surface area (Å²) >= 11 is 0. The highest BCUT2D eigenvalue weighted by Gasteiger charge is 2.35. The smallest absolute Gasteiger partial charge is 0.129 e. The maximum atomic E-state index is 14.8. The number of hydrogen-bond donors (Lipinski definition) is 0. The van der Waals surface area contributed by atoms with E-state index >= 15 is 0 Å². The molecule has 2 atom stereocenters. The van der Waals surface area contributed by atoms with Crippen molar-refractivity contribution in [3.8, 4) is 11.3 Å². The summed E-state index contributed by atoms with van der Waals surface area (Å²) < 4.78 is 31.1. The van der Waals surface area contributed by atoms with Crippen molar-refractivity contribution < 1.29 is 8.78 Å². The van der Waals surface area contributed by atoms with Crippen LogP contribution in [-0.4, -0.2) is 15.7 Å². The van der Waals surface area contributed by atoms with E-state index in [1.54, 1.807) is 18.6 Å². The number of alkyl halides is 1. The van der Waals surface area contributed by atoms with Crippen LogP contribution in [0.2, 0.25) is 0 Å². The Bertz CT molecular complexity index is 673. The summed E-state index contributed by atoms with van der Waals surface area (Å²) in [6, 6.07) is 4.83. The Labute approximate surface area is 129 Å². The van der Waals surface area contributed by atoms with Gasteiger partial charge in [0.15, 0.2) is 0 Å². The molecule has 0 bridgehead atoms. The van der Waals surface area contributed by atoms with Crippen molar-refractivity contribution in [3.63, 3.8) is 0 Å². The second kappa shape index (κ2) is 5.49. The number of nitrogens with zero attached hydrogens (tertiary/aromatic N) is 2. The summed E-state index contributed by atoms with van der Waals surface area (Å²) in [6.45, 7) is 0. The quantitative estimate of drug-likeness (QED) is 0.788. The van der Waals surface area contributed by atoms with Gasteiger partial charge < -0.3 is 4.57 Å². The number of benzene rings is 1. The van der Waals surface area contributed by atoms with E-state index in [9.17, 15) is 8.78 Å². The van der Waals surface area contributed by atoms with E-state index in [1.807, 2.05) is 10.6 Å². The average molecular weight is 302 g/mol. The highest BCUT2D eigenvalue weighted by atomic mass is 19.1. The van der Waals surface area contributed by atoms with E-state index in [1.165, 1.54) is 12.5 Å². The van der Waals surface area contributed by atoms with Crippen LogP contribution in [0, 0.1) is 11.7 Å². The minimum absolute atomic E-state index is 0.136. The highest BCUT2D eigenvalue weighted by Crippen LogP contribution is 2.44. The molecule has 0 radical (unpaired) electrons. The molecule has 2 aliphatic rings. The van der Waals surface area contributed by atoms with Gasteiger partial charge in [-0.2, -0.15) is 0 Å². The lowest BCUT2D eigenvalue weighted by molar-refractivity contribution is 0.158. The van der Waals surface area contributed by atoms with Gasteiger partial charge in [-0.15, -0.1) is 0 Å². The average Bonchev–Trinajstić information content (AvgIpc) is 3.12. The Morgan fingerprint density at radius 2 is 2.05 bits per heavy atom. The Hall–Kier alpha value is -1.71. The van der Waals surface area contributed by atoms with E-state index in [2.05, 4.69) is 4.98 Å². The van der Waals surface area contributed by atoms with Crippen molar-refractivity contribution in [1.29, 1.82) is 0 Å². The predicted octanol–water partition coefficient (Wildman–Crippen LogP) is 4.90. The summed E-state index contributed by atoms with van der Waals surface area (Å²) in [5, 5.41) is 0. The van der Waals surface area contributed by atoms with Crippen LogP contribution in [0.5, 0.6) is 0 Å². The molecular weight excluding hydrogens is 282 g/mol. The zero-order valence-electron chi connectivity index (χ0n) is 12.5. The van der Waals surface area contributed by atoms with Gasteiger partial charge in [-0.25, -0.2) is 13.8 Å². The fraction of sp³-hybridized carbons (Fsp3) is 0.500. The van der Waals surface area contributed by atoms with Crippen LogP contribution in [0.3, 0.4) is 0 Å². The van der Waals surface area contributed by atoms with Gasteiger partial charge in [0.25, 0.3) is 0 Å². The molecule has 2 aromatic rings. The molecule has 1 aliphatic carbocycles. The fourth-order valence-electron chi connectivity index (χ4n) is 4.13. The SMILES string of the molecule is Fc1cccc2c1[C@H](C[C@H](F)C1CCCCC1)n1cncc1-2. The third kappa shape index (κ3) is 2.16.